The summed E-state index contributed by atoms with van der Waals surface area (Å²) in [6, 6.07) is 9.36. The summed E-state index contributed by atoms with van der Waals surface area (Å²) in [5.74, 6) is 0.750. The van der Waals surface area contributed by atoms with Gasteiger partial charge in [-0.15, -0.1) is 0 Å². The van der Waals surface area contributed by atoms with Gasteiger partial charge in [0.15, 0.2) is 5.82 Å². The fraction of sp³-hybridized carbons (Fsp3) is 0.227. The third-order valence-corrected chi connectivity index (χ3v) is 4.82. The molecular formula is C22H22N6O2. The Hall–Kier alpha value is -3.81. The van der Waals surface area contributed by atoms with Gasteiger partial charge in [-0.2, -0.15) is 5.10 Å². The molecular weight excluding hydrogens is 380 g/mol. The minimum absolute atomic E-state index is 0.133. The van der Waals surface area contributed by atoms with Crippen molar-refractivity contribution in [2.75, 3.05) is 5.32 Å². The lowest BCUT2D eigenvalue weighted by Crippen LogP contribution is -2.20. The van der Waals surface area contributed by atoms with Crippen LogP contribution in [0, 0.1) is 0 Å². The lowest BCUT2D eigenvalue weighted by molar-refractivity contribution is -0.117. The van der Waals surface area contributed by atoms with E-state index in [2.05, 4.69) is 37.4 Å². The van der Waals surface area contributed by atoms with Gasteiger partial charge in [0.25, 0.3) is 0 Å². The number of pyridine rings is 2. The zero-order valence-corrected chi connectivity index (χ0v) is 16.4. The van der Waals surface area contributed by atoms with Gasteiger partial charge < -0.3 is 10.6 Å². The average Bonchev–Trinajstić information content (AvgIpc) is 3.52. The predicted octanol–water partition coefficient (Wildman–Crippen LogP) is 2.73. The average molecular weight is 402 g/mol. The van der Waals surface area contributed by atoms with Crippen LogP contribution < -0.4 is 10.6 Å². The number of aromatic nitrogens is 4. The first-order chi connectivity index (χ1) is 14.6. The zero-order valence-electron chi connectivity index (χ0n) is 16.4. The number of rotatable bonds is 8. The van der Waals surface area contributed by atoms with Gasteiger partial charge in [-0.3, -0.25) is 24.7 Å². The van der Waals surface area contributed by atoms with Crippen molar-refractivity contribution in [3.05, 3.63) is 72.3 Å². The largest absolute Gasteiger partial charge is 0.347 e. The topological polar surface area (TPSA) is 113 Å². The Morgan fingerprint density at radius 3 is 2.70 bits per heavy atom. The summed E-state index contributed by atoms with van der Waals surface area (Å²) < 4.78 is 0. The van der Waals surface area contributed by atoms with Crippen molar-refractivity contribution in [2.24, 2.45) is 0 Å². The molecule has 0 spiro atoms. The summed E-state index contributed by atoms with van der Waals surface area (Å²) in [6.07, 6.45) is 7.20. The van der Waals surface area contributed by atoms with Crippen molar-refractivity contribution >= 4 is 17.6 Å². The molecule has 1 saturated carbocycles. The Kier molecular flexibility index (Phi) is 5.65. The SMILES string of the molecule is C=CC(=O)NCc1ccc(-c2ccc(CC(=O)Nc3cc(C4CC4)[nH]n3)cn2)cn1. The first-order valence-corrected chi connectivity index (χ1v) is 9.76. The van der Waals surface area contributed by atoms with Gasteiger partial charge >= 0.3 is 0 Å². The van der Waals surface area contributed by atoms with Crippen LogP contribution >= 0.6 is 0 Å². The van der Waals surface area contributed by atoms with Crippen LogP contribution in [0.3, 0.4) is 0 Å². The van der Waals surface area contributed by atoms with E-state index in [9.17, 15) is 9.59 Å². The first-order valence-electron chi connectivity index (χ1n) is 9.76. The summed E-state index contributed by atoms with van der Waals surface area (Å²) >= 11 is 0. The van der Waals surface area contributed by atoms with E-state index in [1.165, 1.54) is 18.9 Å². The summed E-state index contributed by atoms with van der Waals surface area (Å²) in [4.78, 5) is 32.2. The Morgan fingerprint density at radius 1 is 1.17 bits per heavy atom. The number of hydrogen-bond acceptors (Lipinski definition) is 5. The van der Waals surface area contributed by atoms with Crippen LogP contribution in [-0.4, -0.2) is 32.0 Å². The van der Waals surface area contributed by atoms with Crippen LogP contribution in [0.4, 0.5) is 5.82 Å². The molecule has 3 aromatic rings. The molecule has 8 heteroatoms. The molecule has 3 aromatic heterocycles. The van der Waals surface area contributed by atoms with Gasteiger partial charge in [0.2, 0.25) is 11.8 Å². The van der Waals surface area contributed by atoms with Crippen molar-refractivity contribution in [2.45, 2.75) is 31.7 Å². The quantitative estimate of drug-likeness (QED) is 0.502. The second-order valence-electron chi connectivity index (χ2n) is 7.22. The molecule has 1 fully saturated rings. The fourth-order valence-electron chi connectivity index (χ4n) is 3.01. The molecule has 2 amide bonds. The second-order valence-corrected chi connectivity index (χ2v) is 7.22. The van der Waals surface area contributed by atoms with Crippen molar-refractivity contribution < 1.29 is 9.59 Å². The van der Waals surface area contributed by atoms with E-state index >= 15 is 0 Å². The highest BCUT2D eigenvalue weighted by atomic mass is 16.2. The van der Waals surface area contributed by atoms with E-state index in [4.69, 9.17) is 0 Å². The molecule has 0 aromatic carbocycles. The van der Waals surface area contributed by atoms with Crippen molar-refractivity contribution in [1.29, 1.82) is 0 Å². The zero-order chi connectivity index (χ0) is 20.9. The molecule has 0 saturated heterocycles. The van der Waals surface area contributed by atoms with E-state index in [1.54, 1.807) is 12.4 Å². The maximum Gasteiger partial charge on any atom is 0.243 e. The van der Waals surface area contributed by atoms with Gasteiger partial charge in [-0.1, -0.05) is 12.6 Å². The van der Waals surface area contributed by atoms with Crippen molar-refractivity contribution in [1.82, 2.24) is 25.5 Å². The predicted molar refractivity (Wildman–Crippen MR) is 112 cm³/mol. The molecule has 1 aliphatic rings. The number of carbonyl (C=O) groups excluding carboxylic acids is 2. The second kappa shape index (κ2) is 8.69. The molecule has 0 atom stereocenters. The first kappa shape index (κ1) is 19.5. The van der Waals surface area contributed by atoms with Gasteiger partial charge in [-0.05, 0) is 42.7 Å². The Balaban J connectivity index is 1.32. The number of carbonyl (C=O) groups is 2. The maximum atomic E-state index is 12.3. The molecule has 152 valence electrons. The third kappa shape index (κ3) is 4.96. The van der Waals surface area contributed by atoms with E-state index in [1.807, 2.05) is 30.3 Å². The third-order valence-electron chi connectivity index (χ3n) is 4.82. The van der Waals surface area contributed by atoms with Crippen LogP contribution in [0.2, 0.25) is 0 Å². The number of nitrogens with zero attached hydrogens (tertiary/aromatic N) is 3. The molecule has 8 nitrogen and oxygen atoms in total. The Labute approximate surface area is 173 Å². The van der Waals surface area contributed by atoms with Crippen LogP contribution in [0.5, 0.6) is 0 Å². The number of anilines is 1. The number of aromatic amines is 1. The number of nitrogens with one attached hydrogen (secondary N) is 3. The molecule has 0 radical (unpaired) electrons. The molecule has 0 aliphatic heterocycles. The minimum Gasteiger partial charge on any atom is -0.347 e. The summed E-state index contributed by atoms with van der Waals surface area (Å²) in [6.45, 7) is 3.75. The van der Waals surface area contributed by atoms with E-state index in [-0.39, 0.29) is 18.2 Å². The minimum atomic E-state index is -0.238. The number of amides is 2. The van der Waals surface area contributed by atoms with Gasteiger partial charge in [0, 0.05) is 35.6 Å². The van der Waals surface area contributed by atoms with Crippen LogP contribution in [-0.2, 0) is 22.6 Å². The summed E-state index contributed by atoms with van der Waals surface area (Å²) in [7, 11) is 0. The molecule has 1 aliphatic carbocycles. The molecule has 0 bridgehead atoms. The highest BCUT2D eigenvalue weighted by Crippen LogP contribution is 2.39. The van der Waals surface area contributed by atoms with Gasteiger partial charge in [-0.25, -0.2) is 0 Å². The standard InChI is InChI=1S/C22H22N6O2/c1-2-21(29)25-13-17-7-6-16(12-23-17)18-8-3-14(11-24-18)9-22(30)26-20-10-19(27-28-20)15-4-5-15/h2-3,6-8,10-12,15H,1,4-5,9,13H2,(H,25,29)(H2,26,27,28,30). The fourth-order valence-corrected chi connectivity index (χ4v) is 3.01. The van der Waals surface area contributed by atoms with Crippen LogP contribution in [0.15, 0.2) is 55.4 Å². The normalized spacial score (nSPS) is 12.9. The lowest BCUT2D eigenvalue weighted by atomic mass is 10.1. The monoisotopic (exact) mass is 402 g/mol. The highest BCUT2D eigenvalue weighted by Gasteiger charge is 2.25. The summed E-state index contributed by atoms with van der Waals surface area (Å²) in [5, 5.41) is 12.6. The summed E-state index contributed by atoms with van der Waals surface area (Å²) in [5.41, 5.74) is 4.25. The number of hydrogen-bond donors (Lipinski definition) is 3. The van der Waals surface area contributed by atoms with E-state index < -0.39 is 0 Å². The smallest absolute Gasteiger partial charge is 0.243 e. The number of H-pyrrole nitrogens is 1. The van der Waals surface area contributed by atoms with Gasteiger partial charge in [0.05, 0.1) is 24.4 Å². The molecule has 0 unspecified atom stereocenters. The Bertz CT molecular complexity index is 1050. The lowest BCUT2D eigenvalue weighted by Gasteiger charge is -2.06. The molecule has 3 heterocycles. The van der Waals surface area contributed by atoms with Crippen molar-refractivity contribution in [3.8, 4) is 11.3 Å². The Morgan fingerprint density at radius 2 is 2.03 bits per heavy atom. The molecule has 3 N–H and O–H groups in total. The maximum absolute atomic E-state index is 12.3. The van der Waals surface area contributed by atoms with Crippen LogP contribution in [0.25, 0.3) is 11.3 Å². The molecule has 4 rings (SSSR count). The van der Waals surface area contributed by atoms with Crippen LogP contribution in [0.1, 0.15) is 35.7 Å². The van der Waals surface area contributed by atoms with E-state index in [0.717, 1.165) is 28.2 Å². The van der Waals surface area contributed by atoms with E-state index in [0.29, 0.717) is 18.3 Å². The molecule has 30 heavy (non-hydrogen) atoms. The van der Waals surface area contributed by atoms with Crippen molar-refractivity contribution in [3.63, 3.8) is 0 Å². The highest BCUT2D eigenvalue weighted by molar-refractivity contribution is 5.91. The van der Waals surface area contributed by atoms with Gasteiger partial charge in [0.1, 0.15) is 0 Å².